The molecule has 1 aliphatic rings. The first-order valence-corrected chi connectivity index (χ1v) is 10.3. The summed E-state index contributed by atoms with van der Waals surface area (Å²) in [6, 6.07) is 15.3. The van der Waals surface area contributed by atoms with Crippen LogP contribution in [0.1, 0.15) is 10.4 Å². The molecule has 1 fully saturated rings. The van der Waals surface area contributed by atoms with Crippen molar-refractivity contribution in [2.45, 2.75) is 6.92 Å². The van der Waals surface area contributed by atoms with Gasteiger partial charge in [0.1, 0.15) is 6.54 Å². The predicted molar refractivity (Wildman–Crippen MR) is 114 cm³/mol. The van der Waals surface area contributed by atoms with Gasteiger partial charge in [-0.3, -0.25) is 19.3 Å². The molecular weight excluding hydrogens is 392 g/mol. The van der Waals surface area contributed by atoms with E-state index in [0.717, 1.165) is 37.9 Å². The fraction of sp³-hybridized carbons (Fsp3) is 0.0952. The SMILES string of the molecule is Cc1ccsc1/C=C1\SC(=O)N(CC(=O)Nc2cccc3ccccc23)C1=O. The molecule has 140 valence electrons. The highest BCUT2D eigenvalue weighted by Gasteiger charge is 2.36. The molecule has 1 saturated heterocycles. The molecule has 1 N–H and O–H groups in total. The number of benzene rings is 2. The Bertz CT molecular complexity index is 1130. The summed E-state index contributed by atoms with van der Waals surface area (Å²) in [6.07, 6.45) is 1.72. The molecule has 1 aromatic heterocycles. The van der Waals surface area contributed by atoms with Crippen LogP contribution in [0.15, 0.2) is 58.8 Å². The molecule has 5 nitrogen and oxygen atoms in total. The number of anilines is 1. The Morgan fingerprint density at radius 1 is 1.11 bits per heavy atom. The van der Waals surface area contributed by atoms with Crippen molar-refractivity contribution in [3.8, 4) is 0 Å². The van der Waals surface area contributed by atoms with Crippen LogP contribution >= 0.6 is 23.1 Å². The van der Waals surface area contributed by atoms with E-state index in [4.69, 9.17) is 0 Å². The molecule has 4 rings (SSSR count). The highest BCUT2D eigenvalue weighted by Crippen LogP contribution is 2.33. The third-order valence-corrected chi connectivity index (χ3v) is 6.28. The molecule has 0 saturated carbocycles. The normalized spacial score (nSPS) is 15.6. The Labute approximate surface area is 170 Å². The molecule has 3 aromatic rings. The zero-order valence-corrected chi connectivity index (χ0v) is 16.6. The summed E-state index contributed by atoms with van der Waals surface area (Å²) in [5, 5.41) is 6.22. The van der Waals surface area contributed by atoms with Gasteiger partial charge in [0.05, 0.1) is 4.91 Å². The first-order chi connectivity index (χ1) is 13.5. The largest absolute Gasteiger partial charge is 0.324 e. The van der Waals surface area contributed by atoms with Crippen molar-refractivity contribution in [3.63, 3.8) is 0 Å². The van der Waals surface area contributed by atoms with Crippen molar-refractivity contribution in [1.82, 2.24) is 4.90 Å². The van der Waals surface area contributed by atoms with E-state index in [0.29, 0.717) is 10.6 Å². The van der Waals surface area contributed by atoms with Crippen molar-refractivity contribution < 1.29 is 14.4 Å². The second kappa shape index (κ2) is 7.61. The molecule has 3 amide bonds. The van der Waals surface area contributed by atoms with E-state index in [1.165, 1.54) is 11.3 Å². The number of nitrogens with one attached hydrogen (secondary N) is 1. The van der Waals surface area contributed by atoms with Gasteiger partial charge in [-0.25, -0.2) is 0 Å². The Morgan fingerprint density at radius 3 is 2.68 bits per heavy atom. The van der Waals surface area contributed by atoms with Gasteiger partial charge in [-0.15, -0.1) is 11.3 Å². The summed E-state index contributed by atoms with van der Waals surface area (Å²) >= 11 is 2.37. The second-order valence-corrected chi connectivity index (χ2v) is 8.25. The Kier molecular flexibility index (Phi) is 5.02. The van der Waals surface area contributed by atoms with E-state index < -0.39 is 17.1 Å². The molecule has 7 heteroatoms. The smallest absolute Gasteiger partial charge is 0.294 e. The highest BCUT2D eigenvalue weighted by molar-refractivity contribution is 8.18. The molecule has 0 unspecified atom stereocenters. The van der Waals surface area contributed by atoms with Crippen molar-refractivity contribution >= 4 is 62.7 Å². The van der Waals surface area contributed by atoms with E-state index in [1.54, 1.807) is 12.1 Å². The monoisotopic (exact) mass is 408 g/mol. The zero-order valence-electron chi connectivity index (χ0n) is 15.0. The fourth-order valence-electron chi connectivity index (χ4n) is 2.96. The summed E-state index contributed by atoms with van der Waals surface area (Å²) < 4.78 is 0. The number of thioether (sulfide) groups is 1. The number of thiophene rings is 1. The van der Waals surface area contributed by atoms with Gasteiger partial charge in [0.2, 0.25) is 5.91 Å². The minimum atomic E-state index is -0.434. The molecule has 1 aliphatic heterocycles. The molecule has 0 aliphatic carbocycles. The molecule has 28 heavy (non-hydrogen) atoms. The molecular formula is C21H16N2O3S2. The number of aryl methyl sites for hydroxylation is 1. The summed E-state index contributed by atoms with van der Waals surface area (Å²) in [5.41, 5.74) is 1.70. The number of carbonyl (C=O) groups excluding carboxylic acids is 3. The third-order valence-electron chi connectivity index (χ3n) is 4.40. The Morgan fingerprint density at radius 2 is 1.89 bits per heavy atom. The third kappa shape index (κ3) is 3.58. The summed E-state index contributed by atoms with van der Waals surface area (Å²) in [4.78, 5) is 39.6. The molecule has 2 heterocycles. The van der Waals surface area contributed by atoms with E-state index in [1.807, 2.05) is 54.8 Å². The fourth-order valence-corrected chi connectivity index (χ4v) is 4.71. The van der Waals surface area contributed by atoms with E-state index >= 15 is 0 Å². The van der Waals surface area contributed by atoms with Crippen LogP contribution in [0.25, 0.3) is 16.8 Å². The summed E-state index contributed by atoms with van der Waals surface area (Å²) in [7, 11) is 0. The second-order valence-electron chi connectivity index (χ2n) is 6.31. The van der Waals surface area contributed by atoms with Gasteiger partial charge in [-0.05, 0) is 53.2 Å². The summed E-state index contributed by atoms with van der Waals surface area (Å²) in [5.74, 6) is -0.844. The van der Waals surface area contributed by atoms with Crippen LogP contribution in [0.3, 0.4) is 0 Å². The minimum absolute atomic E-state index is 0.311. The van der Waals surface area contributed by atoms with E-state index in [2.05, 4.69) is 5.32 Å². The number of fused-ring (bicyclic) bond motifs is 1. The number of hydrogen-bond acceptors (Lipinski definition) is 5. The van der Waals surface area contributed by atoms with Gasteiger partial charge in [0.15, 0.2) is 0 Å². The van der Waals surface area contributed by atoms with Gasteiger partial charge in [0.25, 0.3) is 11.1 Å². The number of imide groups is 1. The Hall–Kier alpha value is -2.90. The number of carbonyl (C=O) groups is 3. The summed E-state index contributed by atoms with van der Waals surface area (Å²) in [6.45, 7) is 1.64. The van der Waals surface area contributed by atoms with Crippen LogP contribution in [-0.2, 0) is 9.59 Å². The van der Waals surface area contributed by atoms with Crippen LogP contribution in [0, 0.1) is 6.92 Å². The maximum Gasteiger partial charge on any atom is 0.294 e. The van der Waals surface area contributed by atoms with Crippen molar-refractivity contribution in [2.24, 2.45) is 0 Å². The Balaban J connectivity index is 1.50. The van der Waals surface area contributed by atoms with Crippen LogP contribution in [-0.4, -0.2) is 28.5 Å². The number of rotatable bonds is 4. The molecule has 0 atom stereocenters. The van der Waals surface area contributed by atoms with Gasteiger partial charge < -0.3 is 5.32 Å². The minimum Gasteiger partial charge on any atom is -0.324 e. The van der Waals surface area contributed by atoms with Crippen LogP contribution in [0.2, 0.25) is 0 Å². The number of nitrogens with zero attached hydrogens (tertiary/aromatic N) is 1. The van der Waals surface area contributed by atoms with Crippen LogP contribution in [0.4, 0.5) is 10.5 Å². The zero-order chi connectivity index (χ0) is 19.7. The lowest BCUT2D eigenvalue weighted by molar-refractivity contribution is -0.127. The maximum atomic E-state index is 12.6. The molecule has 0 radical (unpaired) electrons. The predicted octanol–water partition coefficient (Wildman–Crippen LogP) is 4.88. The van der Waals surface area contributed by atoms with Crippen molar-refractivity contribution in [2.75, 3.05) is 11.9 Å². The quantitative estimate of drug-likeness (QED) is 0.625. The number of hydrogen-bond donors (Lipinski definition) is 1. The van der Waals surface area contributed by atoms with Gasteiger partial charge in [-0.1, -0.05) is 36.4 Å². The average Bonchev–Trinajstić information content (AvgIpc) is 3.20. The van der Waals surface area contributed by atoms with Gasteiger partial charge >= 0.3 is 0 Å². The lowest BCUT2D eigenvalue weighted by atomic mass is 10.1. The van der Waals surface area contributed by atoms with Gasteiger partial charge in [0, 0.05) is 16.0 Å². The van der Waals surface area contributed by atoms with Crippen LogP contribution in [0.5, 0.6) is 0 Å². The average molecular weight is 409 g/mol. The van der Waals surface area contributed by atoms with E-state index in [-0.39, 0.29) is 6.54 Å². The standard InChI is InChI=1S/C21H16N2O3S2/c1-13-9-10-27-17(13)11-18-20(25)23(21(26)28-18)12-19(24)22-16-8-4-6-14-5-2-3-7-15(14)16/h2-11H,12H2,1H3,(H,22,24)/b18-11-. The molecule has 2 aromatic carbocycles. The first-order valence-electron chi connectivity index (χ1n) is 8.60. The van der Waals surface area contributed by atoms with Gasteiger partial charge in [-0.2, -0.15) is 0 Å². The van der Waals surface area contributed by atoms with Crippen LogP contribution < -0.4 is 5.32 Å². The lowest BCUT2D eigenvalue weighted by Crippen LogP contribution is -2.36. The molecule has 0 spiro atoms. The lowest BCUT2D eigenvalue weighted by Gasteiger charge is -2.13. The molecule has 0 bridgehead atoms. The topological polar surface area (TPSA) is 66.5 Å². The van der Waals surface area contributed by atoms with Crippen molar-refractivity contribution in [1.29, 1.82) is 0 Å². The number of amides is 3. The highest BCUT2D eigenvalue weighted by atomic mass is 32.2. The first kappa shape index (κ1) is 18.5. The maximum absolute atomic E-state index is 12.6. The van der Waals surface area contributed by atoms with E-state index in [9.17, 15) is 14.4 Å². The van der Waals surface area contributed by atoms with Crippen molar-refractivity contribution in [3.05, 3.63) is 69.3 Å².